The van der Waals surface area contributed by atoms with Gasteiger partial charge in [-0.05, 0) is 43.0 Å². The van der Waals surface area contributed by atoms with Crippen molar-refractivity contribution >= 4 is 28.9 Å². The van der Waals surface area contributed by atoms with Gasteiger partial charge < -0.3 is 15.0 Å². The largest absolute Gasteiger partial charge is 0.451 e. The molecule has 24 heavy (non-hydrogen) atoms. The Labute approximate surface area is 146 Å². The van der Waals surface area contributed by atoms with E-state index in [9.17, 15) is 9.59 Å². The molecule has 6 heteroatoms. The summed E-state index contributed by atoms with van der Waals surface area (Å²) in [5.74, 6) is -0.754. The second-order valence-electron chi connectivity index (χ2n) is 5.32. The first-order valence-corrected chi connectivity index (χ1v) is 8.77. The van der Waals surface area contributed by atoms with Gasteiger partial charge >= 0.3 is 5.97 Å². The number of anilines is 1. The van der Waals surface area contributed by atoms with Gasteiger partial charge in [0.15, 0.2) is 6.61 Å². The van der Waals surface area contributed by atoms with Gasteiger partial charge in [0.2, 0.25) is 0 Å². The molecule has 0 atom stereocenters. The molecule has 1 aromatic carbocycles. The van der Waals surface area contributed by atoms with Crippen LogP contribution in [-0.2, 0) is 9.53 Å². The van der Waals surface area contributed by atoms with E-state index < -0.39 is 5.97 Å². The van der Waals surface area contributed by atoms with E-state index >= 15 is 0 Å². The highest BCUT2D eigenvalue weighted by atomic mass is 32.1. The smallest absolute Gasteiger partial charge is 0.348 e. The monoisotopic (exact) mass is 346 g/mol. The molecule has 0 aliphatic heterocycles. The van der Waals surface area contributed by atoms with E-state index in [0.717, 1.165) is 12.2 Å². The van der Waals surface area contributed by atoms with Crippen molar-refractivity contribution in [2.45, 2.75) is 13.8 Å². The number of carbonyl (C=O) groups excluding carboxylic acids is 2. The van der Waals surface area contributed by atoms with Crippen LogP contribution in [0.3, 0.4) is 0 Å². The lowest BCUT2D eigenvalue weighted by molar-refractivity contribution is -0.124. The van der Waals surface area contributed by atoms with E-state index in [1.807, 2.05) is 6.07 Å². The van der Waals surface area contributed by atoms with Crippen molar-refractivity contribution in [3.05, 3.63) is 52.2 Å². The molecule has 2 aromatic rings. The molecule has 5 nitrogen and oxygen atoms in total. The van der Waals surface area contributed by atoms with Crippen LogP contribution in [0.4, 0.5) is 5.69 Å². The number of thiophene rings is 1. The number of likely N-dealkylation sites (N-methyl/N-ethyl adjacent to an activating group) is 1. The third kappa shape index (κ3) is 5.38. The maximum absolute atomic E-state index is 11.8. The number of nitrogens with zero attached hydrogens (tertiary/aromatic N) is 1. The molecule has 1 aromatic heterocycles. The van der Waals surface area contributed by atoms with Crippen molar-refractivity contribution in [3.63, 3.8) is 0 Å². The van der Waals surface area contributed by atoms with Gasteiger partial charge in [0.1, 0.15) is 4.88 Å². The third-order valence-electron chi connectivity index (χ3n) is 3.51. The number of hydrogen-bond donors (Lipinski definition) is 1. The molecule has 0 spiro atoms. The molecule has 1 N–H and O–H groups in total. The zero-order chi connectivity index (χ0) is 17.4. The number of nitrogens with one attached hydrogen (secondary N) is 1. The summed E-state index contributed by atoms with van der Waals surface area (Å²) in [4.78, 5) is 26.1. The standard InChI is InChI=1S/C18H22N2O3S/c1-3-20(15-7-4-6-14(2)12-15)10-9-19-17(21)13-23-18(22)16-8-5-11-24-16/h4-8,11-12H,3,9-10,13H2,1-2H3,(H,19,21). The van der Waals surface area contributed by atoms with E-state index in [4.69, 9.17) is 4.74 Å². The number of aryl methyl sites for hydroxylation is 1. The van der Waals surface area contributed by atoms with Crippen LogP contribution in [0.15, 0.2) is 41.8 Å². The average Bonchev–Trinajstić information content (AvgIpc) is 3.11. The lowest BCUT2D eigenvalue weighted by Crippen LogP contribution is -2.36. The quantitative estimate of drug-likeness (QED) is 0.747. The van der Waals surface area contributed by atoms with E-state index in [-0.39, 0.29) is 12.5 Å². The number of esters is 1. The molecule has 1 heterocycles. The molecular weight excluding hydrogens is 324 g/mol. The minimum absolute atomic E-state index is 0.257. The number of benzene rings is 1. The Hall–Kier alpha value is -2.34. The third-order valence-corrected chi connectivity index (χ3v) is 4.36. The summed E-state index contributed by atoms with van der Waals surface area (Å²) in [6, 6.07) is 11.7. The summed E-state index contributed by atoms with van der Waals surface area (Å²) in [5.41, 5.74) is 2.34. The summed E-state index contributed by atoms with van der Waals surface area (Å²) < 4.78 is 4.98. The number of rotatable bonds is 8. The van der Waals surface area contributed by atoms with Gasteiger partial charge in [-0.25, -0.2) is 4.79 Å². The summed E-state index contributed by atoms with van der Waals surface area (Å²) in [6.45, 7) is 5.93. The SMILES string of the molecule is CCN(CCNC(=O)COC(=O)c1cccs1)c1cccc(C)c1. The molecule has 0 unspecified atom stereocenters. The van der Waals surface area contributed by atoms with Crippen molar-refractivity contribution in [2.24, 2.45) is 0 Å². The predicted molar refractivity (Wildman–Crippen MR) is 96.7 cm³/mol. The fourth-order valence-corrected chi connectivity index (χ4v) is 2.89. The topological polar surface area (TPSA) is 58.6 Å². The van der Waals surface area contributed by atoms with Crippen LogP contribution in [0.1, 0.15) is 22.2 Å². The Bertz CT molecular complexity index is 671. The predicted octanol–water partition coefficient (Wildman–Crippen LogP) is 2.86. The van der Waals surface area contributed by atoms with Gasteiger partial charge in [-0.2, -0.15) is 0 Å². The summed E-state index contributed by atoms with van der Waals surface area (Å²) in [6.07, 6.45) is 0. The second-order valence-corrected chi connectivity index (χ2v) is 6.27. The van der Waals surface area contributed by atoms with Crippen molar-refractivity contribution in [3.8, 4) is 0 Å². The highest BCUT2D eigenvalue weighted by Crippen LogP contribution is 2.15. The summed E-state index contributed by atoms with van der Waals surface area (Å²) in [5, 5.41) is 4.57. The zero-order valence-corrected chi connectivity index (χ0v) is 14.8. The number of amides is 1. The van der Waals surface area contributed by atoms with Gasteiger partial charge in [0.05, 0.1) is 0 Å². The first-order chi connectivity index (χ1) is 11.6. The normalized spacial score (nSPS) is 10.2. The Kier molecular flexibility index (Phi) is 6.81. The molecular formula is C18H22N2O3S. The highest BCUT2D eigenvalue weighted by Gasteiger charge is 2.11. The van der Waals surface area contributed by atoms with Crippen LogP contribution in [0, 0.1) is 6.92 Å². The fraction of sp³-hybridized carbons (Fsp3) is 0.333. The van der Waals surface area contributed by atoms with Crippen LogP contribution in [0.5, 0.6) is 0 Å². The fourth-order valence-electron chi connectivity index (χ4n) is 2.27. The van der Waals surface area contributed by atoms with Crippen LogP contribution in [0.25, 0.3) is 0 Å². The van der Waals surface area contributed by atoms with Crippen molar-refractivity contribution in [2.75, 3.05) is 31.1 Å². The lowest BCUT2D eigenvalue weighted by atomic mass is 10.2. The van der Waals surface area contributed by atoms with E-state index in [1.54, 1.807) is 17.5 Å². The number of carbonyl (C=O) groups is 2. The van der Waals surface area contributed by atoms with Crippen LogP contribution in [-0.4, -0.2) is 38.1 Å². The maximum Gasteiger partial charge on any atom is 0.348 e. The minimum Gasteiger partial charge on any atom is -0.451 e. The second kappa shape index (κ2) is 9.08. The van der Waals surface area contributed by atoms with Crippen molar-refractivity contribution < 1.29 is 14.3 Å². The minimum atomic E-state index is -0.463. The lowest BCUT2D eigenvalue weighted by Gasteiger charge is -2.23. The number of ether oxygens (including phenoxy) is 1. The van der Waals surface area contributed by atoms with Gasteiger partial charge in [-0.3, -0.25) is 4.79 Å². The molecule has 0 saturated heterocycles. The zero-order valence-electron chi connectivity index (χ0n) is 14.0. The molecule has 1 amide bonds. The Morgan fingerprint density at radius 2 is 2.08 bits per heavy atom. The molecule has 0 fully saturated rings. The van der Waals surface area contributed by atoms with Crippen LogP contribution < -0.4 is 10.2 Å². The highest BCUT2D eigenvalue weighted by molar-refractivity contribution is 7.11. The van der Waals surface area contributed by atoms with Gasteiger partial charge in [-0.1, -0.05) is 18.2 Å². The maximum atomic E-state index is 11.8. The first-order valence-electron chi connectivity index (χ1n) is 7.89. The molecule has 2 rings (SSSR count). The molecule has 0 radical (unpaired) electrons. The van der Waals surface area contributed by atoms with Gasteiger partial charge in [0.25, 0.3) is 5.91 Å². The van der Waals surface area contributed by atoms with Crippen LogP contribution in [0.2, 0.25) is 0 Å². The Morgan fingerprint density at radius 1 is 1.25 bits per heavy atom. The Morgan fingerprint density at radius 3 is 2.75 bits per heavy atom. The molecule has 0 aliphatic carbocycles. The van der Waals surface area contributed by atoms with Crippen molar-refractivity contribution in [1.29, 1.82) is 0 Å². The molecule has 0 saturated carbocycles. The molecule has 0 bridgehead atoms. The molecule has 0 aliphatic rings. The van der Waals surface area contributed by atoms with Crippen LogP contribution >= 0.6 is 11.3 Å². The summed E-state index contributed by atoms with van der Waals surface area (Å²) in [7, 11) is 0. The van der Waals surface area contributed by atoms with E-state index in [2.05, 4.69) is 42.3 Å². The van der Waals surface area contributed by atoms with E-state index in [1.165, 1.54) is 16.9 Å². The first kappa shape index (κ1) is 18.0. The van der Waals surface area contributed by atoms with E-state index in [0.29, 0.717) is 18.0 Å². The van der Waals surface area contributed by atoms with Gasteiger partial charge in [0, 0.05) is 25.3 Å². The van der Waals surface area contributed by atoms with Gasteiger partial charge in [-0.15, -0.1) is 11.3 Å². The average molecular weight is 346 g/mol. The molecule has 128 valence electrons. The number of hydrogen-bond acceptors (Lipinski definition) is 5. The Balaban J connectivity index is 1.72. The van der Waals surface area contributed by atoms with Crippen molar-refractivity contribution in [1.82, 2.24) is 5.32 Å². The summed E-state index contributed by atoms with van der Waals surface area (Å²) >= 11 is 1.29.